The Labute approximate surface area is 168 Å². The molecule has 0 fully saturated rings. The Morgan fingerprint density at radius 1 is 0.828 bits per heavy atom. The van der Waals surface area contributed by atoms with E-state index in [-0.39, 0.29) is 17.2 Å². The highest BCUT2D eigenvalue weighted by molar-refractivity contribution is 5.78. The number of esters is 1. The molecule has 0 radical (unpaired) electrons. The van der Waals surface area contributed by atoms with Gasteiger partial charge in [0.1, 0.15) is 29.0 Å². The van der Waals surface area contributed by atoms with Crippen molar-refractivity contribution >= 4 is 18.1 Å². The van der Waals surface area contributed by atoms with E-state index in [4.69, 9.17) is 10.5 Å². The Kier molecular flexibility index (Phi) is 6.16. The van der Waals surface area contributed by atoms with Crippen molar-refractivity contribution in [2.45, 2.75) is 12.5 Å². The van der Waals surface area contributed by atoms with Gasteiger partial charge in [-0.3, -0.25) is 0 Å². The average molecular weight is 391 g/mol. The lowest BCUT2D eigenvalue weighted by Crippen LogP contribution is -2.36. The van der Waals surface area contributed by atoms with Crippen LogP contribution in [0.15, 0.2) is 66.7 Å². The maximum absolute atomic E-state index is 12.2. The highest BCUT2D eigenvalue weighted by atomic mass is 16.5. The first-order valence-corrected chi connectivity index (χ1v) is 8.95. The fourth-order valence-corrected chi connectivity index (χ4v) is 2.71. The van der Waals surface area contributed by atoms with Crippen molar-refractivity contribution in [2.75, 3.05) is 0 Å². The van der Waals surface area contributed by atoms with Crippen LogP contribution in [0.2, 0.25) is 0 Å². The largest absolute Gasteiger partial charge is 0.508 e. The minimum absolute atomic E-state index is 0.0180. The maximum atomic E-state index is 12.2. The van der Waals surface area contributed by atoms with Crippen molar-refractivity contribution in [3.8, 4) is 23.0 Å². The van der Waals surface area contributed by atoms with Gasteiger partial charge in [-0.1, -0.05) is 36.4 Å². The molecule has 1 atom stereocenters. The van der Waals surface area contributed by atoms with E-state index in [9.17, 15) is 20.1 Å². The van der Waals surface area contributed by atoms with Crippen LogP contribution in [0.25, 0.3) is 12.2 Å². The summed E-state index contributed by atoms with van der Waals surface area (Å²) in [6, 6.07) is 16.8. The second-order valence-electron chi connectivity index (χ2n) is 6.58. The zero-order valence-electron chi connectivity index (χ0n) is 15.5. The summed E-state index contributed by atoms with van der Waals surface area (Å²) in [5.74, 6) is -0.0501. The van der Waals surface area contributed by atoms with Gasteiger partial charge in [0.25, 0.3) is 0 Å². The number of hydrogen-bond acceptors (Lipinski definition) is 6. The molecule has 0 heterocycles. The van der Waals surface area contributed by atoms with Gasteiger partial charge in [0.15, 0.2) is 0 Å². The van der Waals surface area contributed by atoms with Crippen LogP contribution < -0.4 is 10.5 Å². The van der Waals surface area contributed by atoms with Gasteiger partial charge in [-0.25, -0.2) is 4.79 Å². The minimum Gasteiger partial charge on any atom is -0.508 e. The van der Waals surface area contributed by atoms with Crippen LogP contribution in [0.4, 0.5) is 0 Å². The standard InChI is InChI=1S/C23H21NO5/c24-22(13-16-3-7-18(25)8-4-16)23(28)29-21-9-5-15(6-10-21)1-2-17-11-19(26)14-20(27)12-17/h1-12,14,22,25-27H,13,24H2/b2-1-. The molecule has 0 bridgehead atoms. The Balaban J connectivity index is 1.58. The molecule has 0 spiro atoms. The Bertz CT molecular complexity index is 990. The molecule has 5 N–H and O–H groups in total. The second kappa shape index (κ2) is 8.95. The van der Waals surface area contributed by atoms with E-state index in [0.717, 1.165) is 11.1 Å². The van der Waals surface area contributed by atoms with Gasteiger partial charge in [0, 0.05) is 6.07 Å². The number of nitrogens with two attached hydrogens (primary N) is 1. The third-order valence-electron chi connectivity index (χ3n) is 4.19. The van der Waals surface area contributed by atoms with E-state index in [0.29, 0.717) is 17.7 Å². The molecule has 29 heavy (non-hydrogen) atoms. The van der Waals surface area contributed by atoms with Crippen LogP contribution >= 0.6 is 0 Å². The molecule has 1 unspecified atom stereocenters. The van der Waals surface area contributed by atoms with Gasteiger partial charge in [0.2, 0.25) is 0 Å². The third kappa shape index (κ3) is 5.85. The van der Waals surface area contributed by atoms with Gasteiger partial charge in [-0.2, -0.15) is 0 Å². The summed E-state index contributed by atoms with van der Waals surface area (Å²) in [7, 11) is 0. The quantitative estimate of drug-likeness (QED) is 0.291. The van der Waals surface area contributed by atoms with E-state index < -0.39 is 12.0 Å². The number of carbonyl (C=O) groups excluding carboxylic acids is 1. The summed E-state index contributed by atoms with van der Waals surface area (Å²) in [6.45, 7) is 0. The van der Waals surface area contributed by atoms with E-state index >= 15 is 0 Å². The van der Waals surface area contributed by atoms with Crippen LogP contribution in [0.1, 0.15) is 16.7 Å². The first-order chi connectivity index (χ1) is 13.9. The lowest BCUT2D eigenvalue weighted by Gasteiger charge is -2.11. The number of benzene rings is 3. The maximum Gasteiger partial charge on any atom is 0.328 e. The molecule has 6 nitrogen and oxygen atoms in total. The van der Waals surface area contributed by atoms with E-state index in [1.807, 2.05) is 0 Å². The first-order valence-electron chi connectivity index (χ1n) is 8.95. The average Bonchev–Trinajstić information content (AvgIpc) is 2.68. The minimum atomic E-state index is -0.822. The summed E-state index contributed by atoms with van der Waals surface area (Å²) >= 11 is 0. The third-order valence-corrected chi connectivity index (χ3v) is 4.19. The second-order valence-corrected chi connectivity index (χ2v) is 6.58. The monoisotopic (exact) mass is 391 g/mol. The molecule has 0 amide bonds. The van der Waals surface area contributed by atoms with E-state index in [1.54, 1.807) is 48.6 Å². The number of hydrogen-bond donors (Lipinski definition) is 4. The molecule has 0 aliphatic carbocycles. The molecular formula is C23H21NO5. The smallest absolute Gasteiger partial charge is 0.328 e. The van der Waals surface area contributed by atoms with Crippen molar-refractivity contribution in [1.29, 1.82) is 0 Å². The highest BCUT2D eigenvalue weighted by Crippen LogP contribution is 2.22. The van der Waals surface area contributed by atoms with Gasteiger partial charge >= 0.3 is 5.97 Å². The summed E-state index contributed by atoms with van der Waals surface area (Å²) < 4.78 is 5.32. The SMILES string of the molecule is NC(Cc1ccc(O)cc1)C(=O)Oc1ccc(/C=C\c2cc(O)cc(O)c2)cc1. The normalized spacial score (nSPS) is 12.0. The lowest BCUT2D eigenvalue weighted by atomic mass is 10.1. The van der Waals surface area contributed by atoms with Gasteiger partial charge in [-0.05, 0) is 59.5 Å². The zero-order valence-corrected chi connectivity index (χ0v) is 15.5. The van der Waals surface area contributed by atoms with Gasteiger partial charge in [0.05, 0.1) is 0 Å². The molecular weight excluding hydrogens is 370 g/mol. The number of ether oxygens (including phenoxy) is 1. The Morgan fingerprint density at radius 2 is 1.41 bits per heavy atom. The molecule has 3 aromatic carbocycles. The molecule has 6 heteroatoms. The van der Waals surface area contributed by atoms with Crippen molar-refractivity contribution in [1.82, 2.24) is 0 Å². The lowest BCUT2D eigenvalue weighted by molar-refractivity contribution is -0.135. The fourth-order valence-electron chi connectivity index (χ4n) is 2.71. The molecule has 3 rings (SSSR count). The van der Waals surface area contributed by atoms with E-state index in [2.05, 4.69) is 0 Å². The van der Waals surface area contributed by atoms with Crippen molar-refractivity contribution in [3.63, 3.8) is 0 Å². The molecule has 0 saturated carbocycles. The first kappa shape index (κ1) is 20.0. The molecule has 0 aliphatic rings. The fraction of sp³-hybridized carbons (Fsp3) is 0.0870. The van der Waals surface area contributed by atoms with Crippen molar-refractivity contribution < 1.29 is 24.9 Å². The number of phenolic OH excluding ortho intramolecular Hbond substituents is 3. The zero-order chi connectivity index (χ0) is 20.8. The predicted octanol–water partition coefficient (Wildman–Crippen LogP) is 3.45. The van der Waals surface area contributed by atoms with Crippen LogP contribution in [0.5, 0.6) is 23.0 Å². The summed E-state index contributed by atoms with van der Waals surface area (Å²) in [4.78, 5) is 12.2. The number of rotatable bonds is 6. The summed E-state index contributed by atoms with van der Waals surface area (Å²) in [5, 5.41) is 28.3. The summed E-state index contributed by atoms with van der Waals surface area (Å²) in [5.41, 5.74) is 8.24. The van der Waals surface area contributed by atoms with E-state index in [1.165, 1.54) is 30.3 Å². The molecule has 0 aromatic heterocycles. The van der Waals surface area contributed by atoms with Crippen LogP contribution in [-0.2, 0) is 11.2 Å². The summed E-state index contributed by atoms with van der Waals surface area (Å²) in [6.07, 6.45) is 3.85. The number of aromatic hydroxyl groups is 3. The number of carbonyl (C=O) groups is 1. The Hall–Kier alpha value is -3.77. The van der Waals surface area contributed by atoms with Crippen molar-refractivity contribution in [3.05, 3.63) is 83.4 Å². The van der Waals surface area contributed by atoms with Crippen LogP contribution in [0.3, 0.4) is 0 Å². The van der Waals surface area contributed by atoms with Crippen molar-refractivity contribution in [2.24, 2.45) is 5.73 Å². The topological polar surface area (TPSA) is 113 Å². The molecule has 0 saturated heterocycles. The number of phenols is 3. The van der Waals surface area contributed by atoms with Crippen LogP contribution in [-0.4, -0.2) is 27.3 Å². The predicted molar refractivity (Wildman–Crippen MR) is 111 cm³/mol. The molecule has 3 aromatic rings. The van der Waals surface area contributed by atoms with Gasteiger partial charge in [-0.15, -0.1) is 0 Å². The molecule has 148 valence electrons. The Morgan fingerprint density at radius 3 is 2.03 bits per heavy atom. The van der Waals surface area contributed by atoms with Crippen LogP contribution in [0, 0.1) is 0 Å². The highest BCUT2D eigenvalue weighted by Gasteiger charge is 2.16. The molecule has 0 aliphatic heterocycles. The van der Waals surface area contributed by atoms with Gasteiger partial charge < -0.3 is 25.8 Å².